The first-order chi connectivity index (χ1) is 22.1. The van der Waals surface area contributed by atoms with Gasteiger partial charge in [0.2, 0.25) is 0 Å². The normalized spacial score (nSPS) is 13.3. The number of hydrogen-bond acceptors (Lipinski definition) is 2. The van der Waals surface area contributed by atoms with E-state index in [0.29, 0.717) is 0 Å². The van der Waals surface area contributed by atoms with E-state index in [2.05, 4.69) is 158 Å². The Bertz CT molecular complexity index is 2410. The smallest absolute Gasteiger partial charge is 0.136 e. The Morgan fingerprint density at radius 2 is 1.18 bits per heavy atom. The highest BCUT2D eigenvalue weighted by Crippen LogP contribution is 2.51. The maximum atomic E-state index is 6.21. The van der Waals surface area contributed by atoms with Crippen LogP contribution < -0.4 is 4.90 Å². The highest BCUT2D eigenvalue weighted by atomic mass is 16.3. The molecule has 1 aromatic heterocycles. The third-order valence-corrected chi connectivity index (χ3v) is 9.64. The lowest BCUT2D eigenvalue weighted by molar-refractivity contribution is 0.660. The van der Waals surface area contributed by atoms with Gasteiger partial charge >= 0.3 is 0 Å². The summed E-state index contributed by atoms with van der Waals surface area (Å²) in [6, 6.07) is 54.8. The molecule has 2 heteroatoms. The molecule has 0 N–H and O–H groups in total. The van der Waals surface area contributed by atoms with Crippen LogP contribution >= 0.6 is 0 Å². The van der Waals surface area contributed by atoms with Crippen LogP contribution in [-0.4, -0.2) is 0 Å². The third kappa shape index (κ3) is 3.96. The number of para-hydroxylation sites is 1. The first-order valence-electron chi connectivity index (χ1n) is 15.6. The van der Waals surface area contributed by atoms with Gasteiger partial charge < -0.3 is 9.32 Å². The highest BCUT2D eigenvalue weighted by molar-refractivity contribution is 6.19. The lowest BCUT2D eigenvalue weighted by Crippen LogP contribution is -2.15. The van der Waals surface area contributed by atoms with Crippen LogP contribution in [0, 0.1) is 0 Å². The van der Waals surface area contributed by atoms with Crippen molar-refractivity contribution in [1.82, 2.24) is 0 Å². The van der Waals surface area contributed by atoms with Gasteiger partial charge in [-0.05, 0) is 92.7 Å². The Labute approximate surface area is 262 Å². The van der Waals surface area contributed by atoms with Crippen LogP contribution in [0.15, 0.2) is 156 Å². The molecule has 1 aliphatic rings. The number of fused-ring (bicyclic) bond motifs is 8. The molecule has 0 spiro atoms. The van der Waals surface area contributed by atoms with Crippen molar-refractivity contribution in [1.29, 1.82) is 0 Å². The monoisotopic (exact) mass is 577 g/mol. The van der Waals surface area contributed by atoms with Crippen LogP contribution in [-0.2, 0) is 5.41 Å². The molecule has 0 aliphatic heterocycles. The SMILES string of the molecule is CC1(C)c2ccccc2-c2cc(N(c3cccc(-c4ccccc4)c3)c3ccc4c(ccc5oc6ccccc6c54)c3)ccc21. The molecular formula is C43H31NO. The fourth-order valence-electron chi connectivity index (χ4n) is 7.43. The van der Waals surface area contributed by atoms with Gasteiger partial charge in [0, 0.05) is 33.2 Å². The number of furan rings is 1. The Kier molecular flexibility index (Phi) is 5.58. The van der Waals surface area contributed by atoms with E-state index in [0.717, 1.165) is 33.6 Å². The van der Waals surface area contributed by atoms with Gasteiger partial charge in [0.1, 0.15) is 11.2 Å². The van der Waals surface area contributed by atoms with Crippen molar-refractivity contribution >= 4 is 49.8 Å². The molecule has 0 amide bonds. The Hall–Kier alpha value is -5.60. The zero-order valence-corrected chi connectivity index (χ0v) is 25.3. The number of rotatable bonds is 4. The van der Waals surface area contributed by atoms with Crippen molar-refractivity contribution in [3.8, 4) is 22.3 Å². The molecule has 8 aromatic rings. The summed E-state index contributed by atoms with van der Waals surface area (Å²) >= 11 is 0. The summed E-state index contributed by atoms with van der Waals surface area (Å²) in [4.78, 5) is 2.40. The van der Waals surface area contributed by atoms with E-state index in [4.69, 9.17) is 4.42 Å². The van der Waals surface area contributed by atoms with Crippen molar-refractivity contribution in [3.05, 3.63) is 163 Å². The first kappa shape index (κ1) is 25.9. The molecule has 0 unspecified atom stereocenters. The number of benzene rings is 7. The summed E-state index contributed by atoms with van der Waals surface area (Å²) in [5, 5.41) is 4.70. The van der Waals surface area contributed by atoms with E-state index in [1.54, 1.807) is 0 Å². The minimum atomic E-state index is -0.0375. The van der Waals surface area contributed by atoms with Crippen molar-refractivity contribution in [2.75, 3.05) is 4.90 Å². The van der Waals surface area contributed by atoms with E-state index in [1.807, 2.05) is 12.1 Å². The average molecular weight is 578 g/mol. The van der Waals surface area contributed by atoms with Gasteiger partial charge in [-0.1, -0.05) is 117 Å². The molecular weight excluding hydrogens is 546 g/mol. The van der Waals surface area contributed by atoms with E-state index in [1.165, 1.54) is 49.5 Å². The lowest BCUT2D eigenvalue weighted by atomic mass is 9.82. The number of anilines is 3. The van der Waals surface area contributed by atoms with Gasteiger partial charge in [-0.3, -0.25) is 0 Å². The Balaban J connectivity index is 1.26. The molecule has 0 saturated carbocycles. The molecule has 0 radical (unpaired) electrons. The van der Waals surface area contributed by atoms with Gasteiger partial charge in [0.15, 0.2) is 0 Å². The number of hydrogen-bond donors (Lipinski definition) is 0. The fraction of sp³-hybridized carbons (Fsp3) is 0.0698. The van der Waals surface area contributed by atoms with Crippen LogP contribution in [0.5, 0.6) is 0 Å². The molecule has 1 heterocycles. The van der Waals surface area contributed by atoms with E-state index in [9.17, 15) is 0 Å². The predicted octanol–water partition coefficient (Wildman–Crippen LogP) is 12.2. The summed E-state index contributed by atoms with van der Waals surface area (Å²) in [5.41, 5.74) is 13.0. The second-order valence-corrected chi connectivity index (χ2v) is 12.6. The second-order valence-electron chi connectivity index (χ2n) is 12.6. The van der Waals surface area contributed by atoms with Crippen LogP contribution in [0.1, 0.15) is 25.0 Å². The summed E-state index contributed by atoms with van der Waals surface area (Å²) < 4.78 is 6.21. The second kappa shape index (κ2) is 9.70. The molecule has 9 rings (SSSR count). The maximum Gasteiger partial charge on any atom is 0.136 e. The van der Waals surface area contributed by atoms with E-state index >= 15 is 0 Å². The van der Waals surface area contributed by atoms with Crippen LogP contribution in [0.2, 0.25) is 0 Å². The molecule has 0 atom stereocenters. The molecule has 2 nitrogen and oxygen atoms in total. The summed E-state index contributed by atoms with van der Waals surface area (Å²) in [6.07, 6.45) is 0. The maximum absolute atomic E-state index is 6.21. The minimum absolute atomic E-state index is 0.0375. The fourth-order valence-corrected chi connectivity index (χ4v) is 7.43. The Morgan fingerprint density at radius 1 is 0.467 bits per heavy atom. The van der Waals surface area contributed by atoms with Gasteiger partial charge in [0.25, 0.3) is 0 Å². The van der Waals surface area contributed by atoms with Crippen molar-refractivity contribution in [3.63, 3.8) is 0 Å². The lowest BCUT2D eigenvalue weighted by Gasteiger charge is -2.28. The van der Waals surface area contributed by atoms with E-state index < -0.39 is 0 Å². The molecule has 0 saturated heterocycles. The van der Waals surface area contributed by atoms with Gasteiger partial charge in [-0.15, -0.1) is 0 Å². The zero-order chi connectivity index (χ0) is 30.1. The van der Waals surface area contributed by atoms with Crippen LogP contribution in [0.25, 0.3) is 55.0 Å². The molecule has 7 aromatic carbocycles. The number of nitrogens with zero attached hydrogens (tertiary/aromatic N) is 1. The van der Waals surface area contributed by atoms with Gasteiger partial charge in [-0.2, -0.15) is 0 Å². The summed E-state index contributed by atoms with van der Waals surface area (Å²) in [6.45, 7) is 4.67. The molecule has 0 fully saturated rings. The van der Waals surface area contributed by atoms with Crippen molar-refractivity contribution in [2.24, 2.45) is 0 Å². The predicted molar refractivity (Wildman–Crippen MR) is 189 cm³/mol. The topological polar surface area (TPSA) is 16.4 Å². The molecule has 1 aliphatic carbocycles. The minimum Gasteiger partial charge on any atom is -0.456 e. The van der Waals surface area contributed by atoms with Crippen molar-refractivity contribution in [2.45, 2.75) is 19.3 Å². The third-order valence-electron chi connectivity index (χ3n) is 9.64. The van der Waals surface area contributed by atoms with Crippen molar-refractivity contribution < 1.29 is 4.42 Å². The standard InChI is InChI=1S/C43H31NO/c1-43(2)38-17-8-6-15-35(38)37-27-33(21-23-39(37)43)44(31-14-10-13-29(25-31)28-11-4-3-5-12-28)32-20-22-34-30(26-32)19-24-41-42(34)36-16-7-9-18-40(36)45-41/h3-27H,1-2H3. The Morgan fingerprint density at radius 3 is 2.09 bits per heavy atom. The van der Waals surface area contributed by atoms with Gasteiger partial charge in [0.05, 0.1) is 0 Å². The quantitative estimate of drug-likeness (QED) is 0.207. The van der Waals surface area contributed by atoms with Crippen LogP contribution in [0.3, 0.4) is 0 Å². The highest BCUT2D eigenvalue weighted by Gasteiger charge is 2.35. The largest absolute Gasteiger partial charge is 0.456 e. The summed E-state index contributed by atoms with van der Waals surface area (Å²) in [7, 11) is 0. The zero-order valence-electron chi connectivity index (χ0n) is 25.3. The molecule has 45 heavy (non-hydrogen) atoms. The van der Waals surface area contributed by atoms with Gasteiger partial charge in [-0.25, -0.2) is 0 Å². The summed E-state index contributed by atoms with van der Waals surface area (Å²) in [5.74, 6) is 0. The average Bonchev–Trinajstić information content (AvgIpc) is 3.58. The molecule has 0 bridgehead atoms. The molecule has 214 valence electrons. The van der Waals surface area contributed by atoms with Crippen LogP contribution in [0.4, 0.5) is 17.1 Å². The first-order valence-corrected chi connectivity index (χ1v) is 15.6. The van der Waals surface area contributed by atoms with E-state index in [-0.39, 0.29) is 5.41 Å².